The molecule has 2 aromatic carbocycles. The summed E-state index contributed by atoms with van der Waals surface area (Å²) in [6.45, 7) is 5.34. The van der Waals surface area contributed by atoms with Gasteiger partial charge in [0.2, 0.25) is 0 Å². The van der Waals surface area contributed by atoms with Crippen molar-refractivity contribution in [3.63, 3.8) is 0 Å². The number of nitrogens with zero attached hydrogens (tertiary/aromatic N) is 6. The minimum absolute atomic E-state index is 0.0614. The molecule has 1 amide bonds. The summed E-state index contributed by atoms with van der Waals surface area (Å²) in [5.41, 5.74) is 3.84. The Kier molecular flexibility index (Phi) is 9.14. The molecule has 0 saturated carbocycles. The second kappa shape index (κ2) is 13.5. The standard InChI is InChI=1S/C30H31N7O3S2/c38-29-27(42-30(41)37(29)11-2-1-5-28-32-34-35-33-28)19-21-6-9-26(40-17-14-36-12-15-39-16-13-36)24(18-21)22-7-8-25-23(20-22)4-3-10-31-25/h3-4,6-10,18-20H,1-2,5,11-17H2,(H,32,33,34,35)/b27-19-. The number of hydrogen-bond donors (Lipinski definition) is 1. The molecule has 12 heteroatoms. The monoisotopic (exact) mass is 601 g/mol. The van der Waals surface area contributed by atoms with Crippen molar-refractivity contribution >= 4 is 51.2 Å². The largest absolute Gasteiger partial charge is 0.492 e. The van der Waals surface area contributed by atoms with Crippen LogP contribution in [0, 0.1) is 0 Å². The highest BCUT2D eigenvalue weighted by molar-refractivity contribution is 8.26. The first-order valence-electron chi connectivity index (χ1n) is 14.0. The van der Waals surface area contributed by atoms with Crippen molar-refractivity contribution < 1.29 is 14.3 Å². The zero-order chi connectivity index (χ0) is 28.7. The zero-order valence-electron chi connectivity index (χ0n) is 23.1. The number of ether oxygens (including phenoxy) is 2. The number of aromatic amines is 1. The van der Waals surface area contributed by atoms with Crippen molar-refractivity contribution in [3.05, 3.63) is 71.0 Å². The first-order valence-corrected chi connectivity index (χ1v) is 15.3. The Morgan fingerprint density at radius 1 is 1.10 bits per heavy atom. The van der Waals surface area contributed by atoms with E-state index in [9.17, 15) is 4.79 Å². The Labute approximate surface area is 253 Å². The molecule has 0 radical (unpaired) electrons. The van der Waals surface area contributed by atoms with E-state index >= 15 is 0 Å². The van der Waals surface area contributed by atoms with Crippen molar-refractivity contribution in [1.29, 1.82) is 0 Å². The van der Waals surface area contributed by atoms with Gasteiger partial charge in [-0.3, -0.25) is 19.6 Å². The number of morpholine rings is 1. The third kappa shape index (κ3) is 6.84. The van der Waals surface area contributed by atoms with Gasteiger partial charge in [0.05, 0.1) is 23.6 Å². The summed E-state index contributed by atoms with van der Waals surface area (Å²) in [7, 11) is 0. The lowest BCUT2D eigenvalue weighted by Crippen LogP contribution is -2.38. The minimum Gasteiger partial charge on any atom is -0.492 e. The number of rotatable bonds is 11. The number of pyridine rings is 1. The highest BCUT2D eigenvalue weighted by Gasteiger charge is 2.31. The molecule has 2 saturated heterocycles. The number of tetrazole rings is 1. The Hall–Kier alpha value is -3.71. The number of aromatic nitrogens is 5. The molecule has 4 aromatic rings. The van der Waals surface area contributed by atoms with Gasteiger partial charge in [-0.1, -0.05) is 47.4 Å². The molecule has 2 aliphatic heterocycles. The van der Waals surface area contributed by atoms with Gasteiger partial charge in [-0.25, -0.2) is 0 Å². The van der Waals surface area contributed by atoms with Gasteiger partial charge in [-0.15, -0.1) is 10.2 Å². The van der Waals surface area contributed by atoms with E-state index in [1.54, 1.807) is 11.1 Å². The fourth-order valence-corrected chi connectivity index (χ4v) is 6.34. The Bertz CT molecular complexity index is 1590. The van der Waals surface area contributed by atoms with E-state index < -0.39 is 0 Å². The molecule has 0 aliphatic carbocycles. The molecule has 0 spiro atoms. The first-order chi connectivity index (χ1) is 20.6. The number of fused-ring (bicyclic) bond motifs is 1. The highest BCUT2D eigenvalue weighted by Crippen LogP contribution is 2.36. The lowest BCUT2D eigenvalue weighted by molar-refractivity contribution is -0.122. The van der Waals surface area contributed by atoms with Crippen LogP contribution in [0.1, 0.15) is 24.2 Å². The van der Waals surface area contributed by atoms with Gasteiger partial charge in [0, 0.05) is 49.7 Å². The third-order valence-corrected chi connectivity index (χ3v) is 8.66. The summed E-state index contributed by atoms with van der Waals surface area (Å²) >= 11 is 6.90. The predicted octanol–water partition coefficient (Wildman–Crippen LogP) is 4.35. The van der Waals surface area contributed by atoms with E-state index in [-0.39, 0.29) is 5.91 Å². The van der Waals surface area contributed by atoms with Crippen LogP contribution in [0.3, 0.4) is 0 Å². The van der Waals surface area contributed by atoms with Crippen molar-refractivity contribution in [1.82, 2.24) is 35.4 Å². The number of nitrogens with one attached hydrogen (secondary N) is 1. The normalized spacial score (nSPS) is 17.0. The van der Waals surface area contributed by atoms with Gasteiger partial charge >= 0.3 is 0 Å². The average molecular weight is 602 g/mol. The fraction of sp³-hybridized carbons (Fsp3) is 0.333. The van der Waals surface area contributed by atoms with E-state index in [1.165, 1.54) is 11.8 Å². The van der Waals surface area contributed by atoms with E-state index in [1.807, 2.05) is 30.3 Å². The SMILES string of the molecule is O=C1/C(=C/c2ccc(OCCN3CCOCC3)c(-c3ccc4ncccc4c3)c2)SC(=S)N1CCCCc1nn[nH]n1. The number of hydrogen-bond acceptors (Lipinski definition) is 10. The summed E-state index contributed by atoms with van der Waals surface area (Å²) < 4.78 is 12.4. The average Bonchev–Trinajstić information content (AvgIpc) is 3.63. The third-order valence-electron chi connectivity index (χ3n) is 7.28. The summed E-state index contributed by atoms with van der Waals surface area (Å²) in [4.78, 5) is 22.4. The summed E-state index contributed by atoms with van der Waals surface area (Å²) in [6.07, 6.45) is 6.06. The second-order valence-corrected chi connectivity index (χ2v) is 11.8. The van der Waals surface area contributed by atoms with Crippen molar-refractivity contribution in [3.8, 4) is 16.9 Å². The lowest BCUT2D eigenvalue weighted by atomic mass is 9.99. The number of thiocarbonyl (C=S) groups is 1. The van der Waals surface area contributed by atoms with Crippen molar-refractivity contribution in [2.75, 3.05) is 46.0 Å². The van der Waals surface area contributed by atoms with Gasteiger partial charge in [-0.05, 0) is 60.4 Å². The van der Waals surface area contributed by atoms with Gasteiger partial charge in [0.15, 0.2) is 5.82 Å². The number of carbonyl (C=O) groups excluding carboxylic acids is 1. The summed E-state index contributed by atoms with van der Waals surface area (Å²) in [5.74, 6) is 1.42. The zero-order valence-corrected chi connectivity index (χ0v) is 24.7. The van der Waals surface area contributed by atoms with E-state index in [2.05, 4.69) is 54.8 Å². The van der Waals surface area contributed by atoms with Gasteiger partial charge in [0.1, 0.15) is 16.7 Å². The van der Waals surface area contributed by atoms with Crippen LogP contribution in [0.5, 0.6) is 5.75 Å². The van der Waals surface area contributed by atoms with Crippen LogP contribution in [-0.4, -0.2) is 91.6 Å². The lowest BCUT2D eigenvalue weighted by Gasteiger charge is -2.26. The predicted molar refractivity (Wildman–Crippen MR) is 167 cm³/mol. The molecular formula is C30H31N7O3S2. The molecule has 2 aliphatic rings. The molecule has 1 N–H and O–H groups in total. The molecule has 216 valence electrons. The smallest absolute Gasteiger partial charge is 0.266 e. The van der Waals surface area contributed by atoms with Crippen LogP contribution in [0.4, 0.5) is 0 Å². The van der Waals surface area contributed by atoms with Crippen molar-refractivity contribution in [2.24, 2.45) is 0 Å². The molecule has 42 heavy (non-hydrogen) atoms. The maximum Gasteiger partial charge on any atom is 0.266 e. The molecule has 2 fully saturated rings. The Morgan fingerprint density at radius 2 is 2.00 bits per heavy atom. The number of carbonyl (C=O) groups is 1. The van der Waals surface area contributed by atoms with E-state index in [0.717, 1.165) is 79.0 Å². The Morgan fingerprint density at radius 3 is 2.86 bits per heavy atom. The van der Waals surface area contributed by atoms with Crippen LogP contribution in [0.15, 0.2) is 59.6 Å². The molecule has 10 nitrogen and oxygen atoms in total. The first kappa shape index (κ1) is 28.4. The van der Waals surface area contributed by atoms with E-state index in [0.29, 0.717) is 34.6 Å². The highest BCUT2D eigenvalue weighted by atomic mass is 32.2. The number of benzene rings is 2. The molecule has 6 rings (SSSR count). The summed E-state index contributed by atoms with van der Waals surface area (Å²) in [6, 6.07) is 16.3. The van der Waals surface area contributed by atoms with Crippen LogP contribution < -0.4 is 4.74 Å². The molecule has 0 bridgehead atoms. The van der Waals surface area contributed by atoms with Crippen molar-refractivity contribution in [2.45, 2.75) is 19.3 Å². The number of unbranched alkanes of at least 4 members (excludes halogenated alkanes) is 1. The number of amides is 1. The molecule has 2 aromatic heterocycles. The van der Waals surface area contributed by atoms with Crippen LogP contribution in [0.25, 0.3) is 28.1 Å². The maximum absolute atomic E-state index is 13.3. The fourth-order valence-electron chi connectivity index (χ4n) is 5.03. The van der Waals surface area contributed by atoms with Crippen LogP contribution in [-0.2, 0) is 16.0 Å². The number of thioether (sulfide) groups is 1. The van der Waals surface area contributed by atoms with Gasteiger partial charge < -0.3 is 9.47 Å². The molecular weight excluding hydrogens is 571 g/mol. The minimum atomic E-state index is -0.0614. The number of aryl methyl sites for hydroxylation is 1. The Balaban J connectivity index is 1.19. The van der Waals surface area contributed by atoms with E-state index in [4.69, 9.17) is 21.7 Å². The second-order valence-electron chi connectivity index (χ2n) is 10.1. The van der Waals surface area contributed by atoms with Crippen LogP contribution in [0.2, 0.25) is 0 Å². The van der Waals surface area contributed by atoms with Crippen LogP contribution >= 0.6 is 24.0 Å². The molecule has 0 unspecified atom stereocenters. The quantitative estimate of drug-likeness (QED) is 0.151. The van der Waals surface area contributed by atoms with Gasteiger partial charge in [0.25, 0.3) is 5.91 Å². The number of H-pyrrole nitrogens is 1. The molecule has 0 atom stereocenters. The van der Waals surface area contributed by atoms with Gasteiger partial charge in [-0.2, -0.15) is 5.21 Å². The maximum atomic E-state index is 13.3. The summed E-state index contributed by atoms with van der Waals surface area (Å²) in [5, 5.41) is 15.1. The topological polar surface area (TPSA) is 109 Å². The molecule has 4 heterocycles.